The van der Waals surface area contributed by atoms with E-state index in [1.165, 1.54) is 0 Å². The highest BCUT2D eigenvalue weighted by molar-refractivity contribution is 9.09. The molecule has 0 bridgehead atoms. The first-order valence-corrected chi connectivity index (χ1v) is 4.66. The van der Waals surface area contributed by atoms with Gasteiger partial charge in [-0.05, 0) is 19.9 Å². The van der Waals surface area contributed by atoms with Crippen molar-refractivity contribution < 1.29 is 9.53 Å². The van der Waals surface area contributed by atoms with Gasteiger partial charge >= 0.3 is 0 Å². The van der Waals surface area contributed by atoms with E-state index in [2.05, 4.69) is 15.9 Å². The van der Waals surface area contributed by atoms with E-state index in [9.17, 15) is 4.79 Å². The van der Waals surface area contributed by atoms with Crippen molar-refractivity contribution in [2.75, 3.05) is 5.33 Å². The molecule has 0 amide bonds. The van der Waals surface area contributed by atoms with Crippen LogP contribution in [0, 0.1) is 0 Å². The molecule has 0 aromatic carbocycles. The van der Waals surface area contributed by atoms with Gasteiger partial charge in [0.25, 0.3) is 0 Å². The average molecular weight is 219 g/mol. The summed E-state index contributed by atoms with van der Waals surface area (Å²) in [4.78, 5) is 11.3. The Morgan fingerprint density at radius 2 is 2.55 bits per heavy atom. The minimum Gasteiger partial charge on any atom is -0.484 e. The molecule has 0 spiro atoms. The number of hydrogen-bond acceptors (Lipinski definition) is 2. The molecule has 1 rings (SSSR count). The van der Waals surface area contributed by atoms with Gasteiger partial charge in [-0.1, -0.05) is 15.9 Å². The molecular formula is C8H11BrO2. The lowest BCUT2D eigenvalue weighted by Crippen LogP contribution is -2.35. The molecule has 2 nitrogen and oxygen atoms in total. The highest BCUT2D eigenvalue weighted by atomic mass is 79.9. The fourth-order valence-corrected chi connectivity index (χ4v) is 1.68. The molecule has 1 heterocycles. The van der Waals surface area contributed by atoms with Crippen molar-refractivity contribution in [2.24, 2.45) is 0 Å². The Morgan fingerprint density at radius 3 is 2.91 bits per heavy atom. The van der Waals surface area contributed by atoms with Crippen LogP contribution in [0.3, 0.4) is 0 Å². The van der Waals surface area contributed by atoms with Gasteiger partial charge in [0.15, 0.2) is 11.4 Å². The molecule has 1 atom stereocenters. The van der Waals surface area contributed by atoms with Crippen molar-refractivity contribution in [3.63, 3.8) is 0 Å². The third-order valence-corrected chi connectivity index (χ3v) is 2.39. The topological polar surface area (TPSA) is 26.3 Å². The normalized spacial score (nSPS) is 29.5. The van der Waals surface area contributed by atoms with Crippen LogP contribution in [-0.4, -0.2) is 16.7 Å². The maximum Gasteiger partial charge on any atom is 0.186 e. The molecule has 62 valence electrons. The minimum atomic E-state index is -0.604. The summed E-state index contributed by atoms with van der Waals surface area (Å²) in [6.45, 7) is 3.69. The molecule has 1 aliphatic heterocycles. The van der Waals surface area contributed by atoms with Gasteiger partial charge < -0.3 is 4.74 Å². The van der Waals surface area contributed by atoms with Crippen LogP contribution >= 0.6 is 15.9 Å². The number of ether oxygens (including phenoxy) is 1. The summed E-state index contributed by atoms with van der Waals surface area (Å²) in [5.41, 5.74) is -0.604. The van der Waals surface area contributed by atoms with E-state index in [1.54, 1.807) is 0 Å². The largest absolute Gasteiger partial charge is 0.484 e. The smallest absolute Gasteiger partial charge is 0.186 e. The zero-order valence-electron chi connectivity index (χ0n) is 6.69. The van der Waals surface area contributed by atoms with E-state index in [0.29, 0.717) is 11.8 Å². The fraction of sp³-hybridized carbons (Fsp3) is 0.625. The van der Waals surface area contributed by atoms with Crippen LogP contribution in [-0.2, 0) is 9.53 Å². The fourth-order valence-electron chi connectivity index (χ4n) is 1.09. The zero-order chi connectivity index (χ0) is 8.48. The first-order chi connectivity index (χ1) is 5.08. The summed E-state index contributed by atoms with van der Waals surface area (Å²) in [5.74, 6) is 0.951. The molecule has 0 saturated heterocycles. The third-order valence-electron chi connectivity index (χ3n) is 1.88. The van der Waals surface area contributed by atoms with Crippen molar-refractivity contribution in [2.45, 2.75) is 25.9 Å². The first kappa shape index (κ1) is 8.78. The number of Topliss-reactive ketones (excluding diaryl/α,β-unsaturated/α-hetero) is 1. The Hall–Kier alpha value is -0.310. The van der Waals surface area contributed by atoms with Gasteiger partial charge in [0, 0.05) is 6.42 Å². The van der Waals surface area contributed by atoms with Crippen LogP contribution in [0.4, 0.5) is 0 Å². The summed E-state index contributed by atoms with van der Waals surface area (Å²) in [6.07, 6.45) is 2.64. The molecule has 0 fully saturated rings. The molecule has 0 aliphatic carbocycles. The quantitative estimate of drug-likeness (QED) is 0.664. The first-order valence-electron chi connectivity index (χ1n) is 3.53. The lowest BCUT2D eigenvalue weighted by atomic mass is 9.99. The molecule has 3 heteroatoms. The van der Waals surface area contributed by atoms with Gasteiger partial charge in [0.05, 0.1) is 11.1 Å². The van der Waals surface area contributed by atoms with E-state index < -0.39 is 5.60 Å². The summed E-state index contributed by atoms with van der Waals surface area (Å²) in [7, 11) is 0. The van der Waals surface area contributed by atoms with E-state index in [1.807, 2.05) is 19.9 Å². The van der Waals surface area contributed by atoms with Crippen LogP contribution < -0.4 is 0 Å². The Morgan fingerprint density at radius 1 is 1.91 bits per heavy atom. The van der Waals surface area contributed by atoms with Gasteiger partial charge in [-0.15, -0.1) is 0 Å². The predicted molar refractivity (Wildman–Crippen MR) is 46.7 cm³/mol. The van der Waals surface area contributed by atoms with Gasteiger partial charge in [0.2, 0.25) is 0 Å². The second-order valence-corrected chi connectivity index (χ2v) is 3.47. The lowest BCUT2D eigenvalue weighted by molar-refractivity contribution is -0.132. The van der Waals surface area contributed by atoms with Crippen LogP contribution in [0.25, 0.3) is 0 Å². The van der Waals surface area contributed by atoms with Crippen molar-refractivity contribution >= 4 is 21.7 Å². The Bertz CT molecular complexity index is 210. The Balaban J connectivity index is 2.66. The van der Waals surface area contributed by atoms with Crippen molar-refractivity contribution in [1.29, 1.82) is 0 Å². The standard InChI is InChI=1S/C8H11BrO2/c1-6-3-4-8(2,11-6)7(10)5-9/h3H,4-5H2,1-2H3. The van der Waals surface area contributed by atoms with Crippen LogP contribution in [0.1, 0.15) is 20.3 Å². The van der Waals surface area contributed by atoms with E-state index >= 15 is 0 Å². The Kier molecular flexibility index (Phi) is 2.37. The van der Waals surface area contributed by atoms with Crippen molar-refractivity contribution in [3.05, 3.63) is 11.8 Å². The molecule has 0 radical (unpaired) electrons. The maximum atomic E-state index is 11.3. The summed E-state index contributed by atoms with van der Waals surface area (Å²) < 4.78 is 5.38. The second kappa shape index (κ2) is 2.97. The average Bonchev–Trinajstić information content (AvgIpc) is 2.31. The highest BCUT2D eigenvalue weighted by Crippen LogP contribution is 2.28. The number of carbonyl (C=O) groups is 1. The number of rotatable bonds is 2. The molecule has 0 N–H and O–H groups in total. The Labute approximate surface area is 74.7 Å². The van der Waals surface area contributed by atoms with E-state index in [0.717, 1.165) is 5.76 Å². The van der Waals surface area contributed by atoms with Crippen LogP contribution in [0.5, 0.6) is 0 Å². The summed E-state index contributed by atoms with van der Waals surface area (Å²) in [6, 6.07) is 0. The van der Waals surface area contributed by atoms with Gasteiger partial charge in [0.1, 0.15) is 0 Å². The number of alkyl halides is 1. The van der Waals surface area contributed by atoms with Gasteiger partial charge in [-0.3, -0.25) is 4.79 Å². The molecule has 0 saturated carbocycles. The van der Waals surface area contributed by atoms with Gasteiger partial charge in [-0.2, -0.15) is 0 Å². The number of ketones is 1. The van der Waals surface area contributed by atoms with Crippen LogP contribution in [0.2, 0.25) is 0 Å². The highest BCUT2D eigenvalue weighted by Gasteiger charge is 2.36. The molecular weight excluding hydrogens is 208 g/mol. The lowest BCUT2D eigenvalue weighted by Gasteiger charge is -2.21. The summed E-state index contributed by atoms with van der Waals surface area (Å²) in [5, 5.41) is 0.366. The number of hydrogen-bond donors (Lipinski definition) is 0. The van der Waals surface area contributed by atoms with Crippen LogP contribution in [0.15, 0.2) is 11.8 Å². The molecule has 1 aliphatic rings. The second-order valence-electron chi connectivity index (χ2n) is 2.91. The minimum absolute atomic E-state index is 0.102. The third kappa shape index (κ3) is 1.64. The number of halogens is 1. The van der Waals surface area contributed by atoms with Gasteiger partial charge in [-0.25, -0.2) is 0 Å². The predicted octanol–water partition coefficient (Wildman–Crippen LogP) is 2.03. The van der Waals surface area contributed by atoms with E-state index in [4.69, 9.17) is 4.74 Å². The SMILES string of the molecule is CC1=CCC(C)(C(=O)CBr)O1. The zero-order valence-corrected chi connectivity index (χ0v) is 8.27. The molecule has 0 aromatic heterocycles. The summed E-state index contributed by atoms with van der Waals surface area (Å²) >= 11 is 3.13. The van der Waals surface area contributed by atoms with E-state index in [-0.39, 0.29) is 5.78 Å². The molecule has 1 unspecified atom stereocenters. The van der Waals surface area contributed by atoms with Crippen molar-refractivity contribution in [3.8, 4) is 0 Å². The monoisotopic (exact) mass is 218 g/mol. The number of carbonyl (C=O) groups excluding carboxylic acids is 1. The number of allylic oxidation sites excluding steroid dienone is 1. The molecule has 11 heavy (non-hydrogen) atoms. The molecule has 0 aromatic rings. The van der Waals surface area contributed by atoms with Crippen molar-refractivity contribution in [1.82, 2.24) is 0 Å². The maximum absolute atomic E-state index is 11.3.